The molecule has 0 atom stereocenters. The topological polar surface area (TPSA) is 58.6 Å². The summed E-state index contributed by atoms with van der Waals surface area (Å²) in [5.41, 5.74) is 7.09. The monoisotopic (exact) mass is 184 g/mol. The van der Waals surface area contributed by atoms with E-state index in [9.17, 15) is 0 Å². The van der Waals surface area contributed by atoms with Crippen LogP contribution in [-0.2, 0) is 6.54 Å². The summed E-state index contributed by atoms with van der Waals surface area (Å²) in [5, 5.41) is 11.3. The number of halogens is 1. The van der Waals surface area contributed by atoms with Gasteiger partial charge in [-0.15, -0.1) is 0 Å². The van der Waals surface area contributed by atoms with Gasteiger partial charge in [0.05, 0.1) is 0 Å². The van der Waals surface area contributed by atoms with Gasteiger partial charge in [-0.25, -0.2) is 0 Å². The summed E-state index contributed by atoms with van der Waals surface area (Å²) in [6.07, 6.45) is 0. The first-order chi connectivity index (χ1) is 5.77. The standard InChI is InChI=1S/C8H9ClN2O/c9-8(11-12)7-3-1-6(5-10)2-4-7/h1-4,12H,5,10H2. The lowest BCUT2D eigenvalue weighted by Crippen LogP contribution is -1.97. The Balaban J connectivity index is 2.92. The number of nitrogens with two attached hydrogens (primary N) is 1. The molecule has 12 heavy (non-hydrogen) atoms. The van der Waals surface area contributed by atoms with Gasteiger partial charge >= 0.3 is 0 Å². The second kappa shape index (κ2) is 4.09. The van der Waals surface area contributed by atoms with Crippen LogP contribution in [0.4, 0.5) is 0 Å². The molecule has 0 fully saturated rings. The van der Waals surface area contributed by atoms with Gasteiger partial charge in [-0.3, -0.25) is 0 Å². The SMILES string of the molecule is NCc1ccc(C(Cl)=NO)cc1. The fourth-order valence-electron chi connectivity index (χ4n) is 0.836. The van der Waals surface area contributed by atoms with Gasteiger partial charge in [0.1, 0.15) is 0 Å². The molecule has 0 saturated carbocycles. The fraction of sp³-hybridized carbons (Fsp3) is 0.125. The second-order valence-corrected chi connectivity index (χ2v) is 2.65. The summed E-state index contributed by atoms with van der Waals surface area (Å²) in [6.45, 7) is 0.494. The lowest BCUT2D eigenvalue weighted by atomic mass is 10.1. The number of benzene rings is 1. The molecule has 0 saturated heterocycles. The van der Waals surface area contributed by atoms with E-state index in [1.165, 1.54) is 0 Å². The summed E-state index contributed by atoms with van der Waals surface area (Å²) in [5.74, 6) is 0. The van der Waals surface area contributed by atoms with Crippen molar-refractivity contribution < 1.29 is 5.21 Å². The molecule has 0 aliphatic heterocycles. The average molecular weight is 185 g/mol. The Bertz CT molecular complexity index is 282. The van der Waals surface area contributed by atoms with Crippen LogP contribution >= 0.6 is 11.6 Å². The van der Waals surface area contributed by atoms with Crippen LogP contribution in [0.25, 0.3) is 0 Å². The van der Waals surface area contributed by atoms with Crippen molar-refractivity contribution in [2.75, 3.05) is 0 Å². The molecule has 0 aliphatic rings. The molecule has 0 aliphatic carbocycles. The van der Waals surface area contributed by atoms with Crippen LogP contribution in [0.2, 0.25) is 0 Å². The summed E-state index contributed by atoms with van der Waals surface area (Å²) >= 11 is 5.55. The van der Waals surface area contributed by atoms with Crippen molar-refractivity contribution >= 4 is 16.8 Å². The third kappa shape index (κ3) is 1.96. The summed E-state index contributed by atoms with van der Waals surface area (Å²) < 4.78 is 0. The number of rotatable bonds is 2. The van der Waals surface area contributed by atoms with Crippen LogP contribution in [-0.4, -0.2) is 10.4 Å². The molecule has 1 rings (SSSR count). The maximum absolute atomic E-state index is 8.35. The molecule has 4 heteroatoms. The highest BCUT2D eigenvalue weighted by Crippen LogP contribution is 2.07. The van der Waals surface area contributed by atoms with Crippen molar-refractivity contribution in [2.45, 2.75) is 6.54 Å². The van der Waals surface area contributed by atoms with Gasteiger partial charge in [-0.2, -0.15) is 0 Å². The first kappa shape index (κ1) is 9.03. The Labute approximate surface area is 75.4 Å². The zero-order chi connectivity index (χ0) is 8.97. The van der Waals surface area contributed by atoms with Gasteiger partial charge in [0.2, 0.25) is 0 Å². The van der Waals surface area contributed by atoms with Crippen molar-refractivity contribution in [2.24, 2.45) is 10.9 Å². The number of hydrogen-bond donors (Lipinski definition) is 2. The Morgan fingerprint density at radius 2 is 2.00 bits per heavy atom. The molecule has 0 heterocycles. The highest BCUT2D eigenvalue weighted by molar-refractivity contribution is 6.69. The predicted molar refractivity (Wildman–Crippen MR) is 48.5 cm³/mol. The lowest BCUT2D eigenvalue weighted by molar-refractivity contribution is 0.321. The minimum atomic E-state index is 0.0820. The first-order valence-corrected chi connectivity index (χ1v) is 3.82. The summed E-state index contributed by atoms with van der Waals surface area (Å²) in [6, 6.07) is 7.18. The van der Waals surface area contributed by atoms with Gasteiger partial charge in [-0.05, 0) is 5.56 Å². The molecule has 0 unspecified atom stereocenters. The van der Waals surface area contributed by atoms with Gasteiger partial charge in [0.15, 0.2) is 5.17 Å². The molecule has 0 radical (unpaired) electrons. The molecule has 1 aromatic rings. The van der Waals surface area contributed by atoms with Gasteiger partial charge in [0, 0.05) is 12.1 Å². The van der Waals surface area contributed by atoms with E-state index in [0.717, 1.165) is 5.56 Å². The third-order valence-corrected chi connectivity index (χ3v) is 1.81. The number of hydrogen-bond acceptors (Lipinski definition) is 3. The largest absolute Gasteiger partial charge is 0.410 e. The van der Waals surface area contributed by atoms with E-state index in [0.29, 0.717) is 12.1 Å². The number of nitrogens with zero attached hydrogens (tertiary/aromatic N) is 1. The van der Waals surface area contributed by atoms with Crippen LogP contribution in [0.3, 0.4) is 0 Å². The van der Waals surface area contributed by atoms with Crippen LogP contribution in [0.5, 0.6) is 0 Å². The maximum Gasteiger partial charge on any atom is 0.175 e. The lowest BCUT2D eigenvalue weighted by Gasteiger charge is -1.98. The van der Waals surface area contributed by atoms with Crippen molar-refractivity contribution in [3.05, 3.63) is 35.4 Å². The van der Waals surface area contributed by atoms with Crippen LogP contribution in [0, 0.1) is 0 Å². The van der Waals surface area contributed by atoms with E-state index in [2.05, 4.69) is 5.16 Å². The second-order valence-electron chi connectivity index (χ2n) is 2.29. The smallest absolute Gasteiger partial charge is 0.175 e. The Morgan fingerprint density at radius 1 is 1.42 bits per heavy atom. The van der Waals surface area contributed by atoms with Gasteiger partial charge < -0.3 is 10.9 Å². The molecule has 0 spiro atoms. The quantitative estimate of drug-likeness (QED) is 0.416. The van der Waals surface area contributed by atoms with Crippen LogP contribution in [0.1, 0.15) is 11.1 Å². The summed E-state index contributed by atoms with van der Waals surface area (Å²) in [7, 11) is 0. The van der Waals surface area contributed by atoms with E-state index in [4.69, 9.17) is 22.5 Å². The third-order valence-electron chi connectivity index (χ3n) is 1.52. The molecule has 0 amide bonds. The van der Waals surface area contributed by atoms with Crippen molar-refractivity contribution in [3.63, 3.8) is 0 Å². The van der Waals surface area contributed by atoms with E-state index >= 15 is 0 Å². The van der Waals surface area contributed by atoms with Crippen LogP contribution < -0.4 is 5.73 Å². The van der Waals surface area contributed by atoms with Crippen molar-refractivity contribution in [1.82, 2.24) is 0 Å². The van der Waals surface area contributed by atoms with Gasteiger partial charge in [-0.1, -0.05) is 41.0 Å². The highest BCUT2D eigenvalue weighted by Gasteiger charge is 1.98. The normalized spacial score (nSPS) is 11.7. The van der Waals surface area contributed by atoms with E-state index in [1.807, 2.05) is 12.1 Å². The first-order valence-electron chi connectivity index (χ1n) is 3.45. The molecule has 3 N–H and O–H groups in total. The zero-order valence-corrected chi connectivity index (χ0v) is 7.12. The van der Waals surface area contributed by atoms with E-state index in [-0.39, 0.29) is 5.17 Å². The molecular weight excluding hydrogens is 176 g/mol. The predicted octanol–water partition coefficient (Wildman–Crippen LogP) is 1.52. The van der Waals surface area contributed by atoms with Gasteiger partial charge in [0.25, 0.3) is 0 Å². The Morgan fingerprint density at radius 3 is 2.42 bits per heavy atom. The molecule has 3 nitrogen and oxygen atoms in total. The van der Waals surface area contributed by atoms with E-state index in [1.54, 1.807) is 12.1 Å². The molecule has 1 aromatic carbocycles. The number of oxime groups is 1. The van der Waals surface area contributed by atoms with Crippen molar-refractivity contribution in [1.29, 1.82) is 0 Å². The highest BCUT2D eigenvalue weighted by atomic mass is 35.5. The van der Waals surface area contributed by atoms with Crippen molar-refractivity contribution in [3.8, 4) is 0 Å². The molecule has 64 valence electrons. The maximum atomic E-state index is 8.35. The minimum Gasteiger partial charge on any atom is -0.410 e. The van der Waals surface area contributed by atoms with E-state index < -0.39 is 0 Å². The Kier molecular flexibility index (Phi) is 3.08. The fourth-order valence-corrected chi connectivity index (χ4v) is 0.962. The molecule has 0 aromatic heterocycles. The van der Waals surface area contributed by atoms with Crippen LogP contribution in [0.15, 0.2) is 29.4 Å². The average Bonchev–Trinajstić information content (AvgIpc) is 2.17. The molecule has 0 bridgehead atoms. The minimum absolute atomic E-state index is 0.0820. The zero-order valence-electron chi connectivity index (χ0n) is 6.37. The summed E-state index contributed by atoms with van der Waals surface area (Å²) in [4.78, 5) is 0. The Hall–Kier alpha value is -1.06. The molecular formula is C8H9ClN2O.